The van der Waals surface area contributed by atoms with Gasteiger partial charge in [0.15, 0.2) is 11.6 Å². The number of fused-ring (bicyclic) bond motifs is 2. The van der Waals surface area contributed by atoms with Crippen LogP contribution in [0.15, 0.2) is 36.5 Å². The molecule has 3 atom stereocenters. The number of nitrogens with two attached hydrogens (primary N) is 1. The van der Waals surface area contributed by atoms with Gasteiger partial charge in [0.05, 0.1) is 0 Å². The number of hydrogen-bond donors (Lipinski definition) is 3. The monoisotopic (exact) mass is 453 g/mol. The minimum Gasteiger partial charge on any atom is -0.489 e. The van der Waals surface area contributed by atoms with E-state index in [1.807, 2.05) is 6.20 Å². The zero-order valence-corrected chi connectivity index (χ0v) is 18.7. The molecule has 0 radical (unpaired) electrons. The number of amides is 1. The fraction of sp³-hybridized carbons (Fsp3) is 0.423. The van der Waals surface area contributed by atoms with Gasteiger partial charge in [-0.2, -0.15) is 0 Å². The molecule has 0 bridgehead atoms. The second kappa shape index (κ2) is 8.78. The molecule has 0 saturated heterocycles. The largest absolute Gasteiger partial charge is 0.489 e. The third kappa shape index (κ3) is 4.22. The first-order valence-electron chi connectivity index (χ1n) is 11.7. The summed E-state index contributed by atoms with van der Waals surface area (Å²) in [6, 6.07) is 7.70. The summed E-state index contributed by atoms with van der Waals surface area (Å²) in [7, 11) is 0. The van der Waals surface area contributed by atoms with E-state index < -0.39 is 11.7 Å². The lowest BCUT2D eigenvalue weighted by molar-refractivity contribution is 0.0996. The Morgan fingerprint density at radius 3 is 2.82 bits per heavy atom. The van der Waals surface area contributed by atoms with E-state index in [1.165, 1.54) is 24.6 Å². The van der Waals surface area contributed by atoms with Gasteiger partial charge in [0, 0.05) is 40.3 Å². The number of aromatic amines is 1. The van der Waals surface area contributed by atoms with Crippen LogP contribution in [0.4, 0.5) is 8.78 Å². The highest BCUT2D eigenvalue weighted by molar-refractivity contribution is 5.95. The molecule has 33 heavy (non-hydrogen) atoms. The molecule has 2 unspecified atom stereocenters. The first kappa shape index (κ1) is 21.9. The molecule has 1 fully saturated rings. The lowest BCUT2D eigenvalue weighted by Gasteiger charge is -2.39. The van der Waals surface area contributed by atoms with Crippen LogP contribution in [0.3, 0.4) is 0 Å². The van der Waals surface area contributed by atoms with Crippen molar-refractivity contribution in [2.45, 2.75) is 57.0 Å². The summed E-state index contributed by atoms with van der Waals surface area (Å²) < 4.78 is 33.9. The summed E-state index contributed by atoms with van der Waals surface area (Å²) >= 11 is 0. The standard InChI is InChI=1S/C26H29F2N3O2/c1-14(21-12-30-23-8-5-16(27)10-19(21)23)9-24(15-3-2-4-15)31-17-11-20-18(26(29)32)6-7-22(28)25(20)33-13-17/h5-8,10,12,14-15,17,24,30-31H,2-4,9,11,13H2,1H3,(H2,29,32)/t14?,17-,24?/m0/s1. The summed E-state index contributed by atoms with van der Waals surface area (Å²) in [4.78, 5) is 15.1. The van der Waals surface area contributed by atoms with Crippen molar-refractivity contribution in [2.24, 2.45) is 11.7 Å². The molecule has 4 N–H and O–H groups in total. The van der Waals surface area contributed by atoms with Crippen LogP contribution in [-0.2, 0) is 6.42 Å². The van der Waals surface area contributed by atoms with E-state index in [4.69, 9.17) is 10.5 Å². The molecule has 5 rings (SSSR count). The molecule has 1 aliphatic carbocycles. The Bertz CT molecular complexity index is 1190. The number of rotatable bonds is 7. The molecule has 1 aromatic heterocycles. The lowest BCUT2D eigenvalue weighted by atomic mass is 9.75. The van der Waals surface area contributed by atoms with Gasteiger partial charge in [-0.15, -0.1) is 0 Å². The molecule has 1 aliphatic heterocycles. The Morgan fingerprint density at radius 2 is 2.09 bits per heavy atom. The Hall–Kier alpha value is -2.93. The van der Waals surface area contributed by atoms with E-state index in [-0.39, 0.29) is 29.6 Å². The van der Waals surface area contributed by atoms with Crippen molar-refractivity contribution in [1.29, 1.82) is 0 Å². The van der Waals surface area contributed by atoms with E-state index in [2.05, 4.69) is 17.2 Å². The van der Waals surface area contributed by atoms with Crippen molar-refractivity contribution in [3.63, 3.8) is 0 Å². The Kier molecular flexibility index (Phi) is 5.83. The van der Waals surface area contributed by atoms with Crippen LogP contribution in [0.5, 0.6) is 5.75 Å². The van der Waals surface area contributed by atoms with Crippen molar-refractivity contribution in [3.8, 4) is 5.75 Å². The van der Waals surface area contributed by atoms with Gasteiger partial charge >= 0.3 is 0 Å². The normalized spacial score (nSPS) is 20.0. The summed E-state index contributed by atoms with van der Waals surface area (Å²) in [5, 5.41) is 4.68. The number of ether oxygens (including phenoxy) is 1. The number of aromatic nitrogens is 1. The lowest BCUT2D eigenvalue weighted by Crippen LogP contribution is -2.50. The number of halogens is 2. The van der Waals surface area contributed by atoms with E-state index in [9.17, 15) is 13.6 Å². The minimum atomic E-state index is -0.578. The van der Waals surface area contributed by atoms with Crippen LogP contribution >= 0.6 is 0 Å². The fourth-order valence-electron chi connectivity index (χ4n) is 5.36. The van der Waals surface area contributed by atoms with Crippen LogP contribution < -0.4 is 15.8 Å². The maximum absolute atomic E-state index is 14.3. The third-order valence-corrected chi connectivity index (χ3v) is 7.34. The van der Waals surface area contributed by atoms with Crippen LogP contribution in [0.25, 0.3) is 10.9 Å². The van der Waals surface area contributed by atoms with Gasteiger partial charge in [-0.3, -0.25) is 4.79 Å². The molecule has 5 nitrogen and oxygen atoms in total. The Labute approximate surface area is 191 Å². The van der Waals surface area contributed by atoms with Gasteiger partial charge in [0.25, 0.3) is 0 Å². The summed E-state index contributed by atoms with van der Waals surface area (Å²) in [6.07, 6.45) is 6.91. The number of carbonyl (C=O) groups is 1. The average Bonchev–Trinajstić information content (AvgIpc) is 3.15. The van der Waals surface area contributed by atoms with Crippen LogP contribution in [0.1, 0.15) is 60.0 Å². The Morgan fingerprint density at radius 1 is 1.27 bits per heavy atom. The zero-order chi connectivity index (χ0) is 23.1. The first-order chi connectivity index (χ1) is 15.9. The number of hydrogen-bond acceptors (Lipinski definition) is 3. The predicted molar refractivity (Wildman–Crippen MR) is 123 cm³/mol. The molecule has 7 heteroatoms. The van der Waals surface area contributed by atoms with Crippen molar-refractivity contribution in [1.82, 2.24) is 10.3 Å². The minimum absolute atomic E-state index is 0.0457. The molecule has 2 aliphatic rings. The molecule has 3 aromatic rings. The molecule has 174 valence electrons. The number of benzene rings is 2. The fourth-order valence-corrected chi connectivity index (χ4v) is 5.36. The van der Waals surface area contributed by atoms with Gasteiger partial charge in [-0.1, -0.05) is 13.3 Å². The molecular formula is C26H29F2N3O2. The Balaban J connectivity index is 1.35. The summed E-state index contributed by atoms with van der Waals surface area (Å²) in [5.41, 5.74) is 8.42. The highest BCUT2D eigenvalue weighted by Gasteiger charge is 2.33. The van der Waals surface area contributed by atoms with Gasteiger partial charge in [-0.05, 0) is 73.4 Å². The number of nitrogens with one attached hydrogen (secondary N) is 2. The van der Waals surface area contributed by atoms with Crippen molar-refractivity contribution >= 4 is 16.8 Å². The highest BCUT2D eigenvalue weighted by Crippen LogP contribution is 2.37. The molecule has 2 aromatic carbocycles. The van der Waals surface area contributed by atoms with Gasteiger partial charge in [-0.25, -0.2) is 8.78 Å². The average molecular weight is 454 g/mol. The maximum Gasteiger partial charge on any atom is 0.249 e. The van der Waals surface area contributed by atoms with Crippen molar-refractivity contribution < 1.29 is 18.3 Å². The molecule has 1 saturated carbocycles. The number of primary amides is 1. The summed E-state index contributed by atoms with van der Waals surface area (Å²) in [6.45, 7) is 2.51. The maximum atomic E-state index is 14.3. The van der Waals surface area contributed by atoms with Crippen LogP contribution in [0.2, 0.25) is 0 Å². The molecular weight excluding hydrogens is 424 g/mol. The van der Waals surface area contributed by atoms with Gasteiger partial charge < -0.3 is 20.8 Å². The molecule has 2 heterocycles. The van der Waals surface area contributed by atoms with Gasteiger partial charge in [0.2, 0.25) is 5.91 Å². The number of H-pyrrole nitrogens is 1. The smallest absolute Gasteiger partial charge is 0.249 e. The predicted octanol–water partition coefficient (Wildman–Crippen LogP) is 4.80. The van der Waals surface area contributed by atoms with E-state index in [1.54, 1.807) is 12.1 Å². The zero-order valence-electron chi connectivity index (χ0n) is 18.7. The van der Waals surface area contributed by atoms with Crippen molar-refractivity contribution in [2.75, 3.05) is 6.61 Å². The molecule has 0 spiro atoms. The second-order valence-corrected chi connectivity index (χ2v) is 9.51. The van der Waals surface area contributed by atoms with Gasteiger partial charge in [0.1, 0.15) is 12.4 Å². The topological polar surface area (TPSA) is 80.1 Å². The van der Waals surface area contributed by atoms with E-state index in [0.717, 1.165) is 35.7 Å². The number of carbonyl (C=O) groups excluding carboxylic acids is 1. The summed E-state index contributed by atoms with van der Waals surface area (Å²) in [5.74, 6) is -0.373. The first-order valence-corrected chi connectivity index (χ1v) is 11.7. The molecule has 1 amide bonds. The van der Waals surface area contributed by atoms with Crippen LogP contribution in [-0.4, -0.2) is 29.6 Å². The van der Waals surface area contributed by atoms with E-state index >= 15 is 0 Å². The van der Waals surface area contributed by atoms with Crippen LogP contribution in [0, 0.1) is 17.6 Å². The quantitative estimate of drug-likeness (QED) is 0.481. The third-order valence-electron chi connectivity index (χ3n) is 7.34. The second-order valence-electron chi connectivity index (χ2n) is 9.51. The van der Waals surface area contributed by atoms with E-state index in [0.29, 0.717) is 30.1 Å². The van der Waals surface area contributed by atoms with Crippen molar-refractivity contribution in [3.05, 3.63) is 64.9 Å². The SMILES string of the molecule is CC(CC(N[C@@H]1COc2c(F)ccc(C(N)=O)c2C1)C1CCC1)c1c[nH]c2ccc(F)cc12. The highest BCUT2D eigenvalue weighted by atomic mass is 19.1.